The third-order valence-electron chi connectivity index (χ3n) is 3.47. The van der Waals surface area contributed by atoms with Crippen LogP contribution in [0.2, 0.25) is 0 Å². The number of carbonyl (C=O) groups is 2. The van der Waals surface area contributed by atoms with Crippen molar-refractivity contribution in [2.45, 2.75) is 31.8 Å². The summed E-state index contributed by atoms with van der Waals surface area (Å²) in [4.78, 5) is 29.0. The number of hydrogen-bond acceptors (Lipinski definition) is 4. The van der Waals surface area contributed by atoms with Gasteiger partial charge in [0.05, 0.1) is 24.1 Å². The molecule has 0 spiro atoms. The van der Waals surface area contributed by atoms with Crippen molar-refractivity contribution in [3.05, 3.63) is 29.6 Å². The summed E-state index contributed by atoms with van der Waals surface area (Å²) in [5.41, 5.74) is 5.33. The first-order valence-corrected chi connectivity index (χ1v) is 6.61. The number of aryl methyl sites for hydroxylation is 1. The van der Waals surface area contributed by atoms with Gasteiger partial charge in [-0.25, -0.2) is 0 Å². The Bertz CT molecular complexity index is 532. The average Bonchev–Trinajstić information content (AvgIpc) is 2.36. The smallest absolute Gasteiger partial charge is 0.255 e. The normalized spacial score (nSPS) is 22.6. The fourth-order valence-corrected chi connectivity index (χ4v) is 2.61. The minimum absolute atomic E-state index is 0.122. The van der Waals surface area contributed by atoms with Crippen LogP contribution in [0.1, 0.15) is 35.2 Å². The molecule has 2 heterocycles. The number of primary amides is 1. The van der Waals surface area contributed by atoms with Gasteiger partial charge in [0.25, 0.3) is 5.91 Å². The van der Waals surface area contributed by atoms with Crippen LogP contribution < -0.4 is 5.73 Å². The Morgan fingerprint density at radius 1 is 1.50 bits per heavy atom. The van der Waals surface area contributed by atoms with Crippen LogP contribution >= 0.6 is 0 Å². The number of aromatic nitrogens is 1. The number of rotatable bonds is 3. The van der Waals surface area contributed by atoms with Gasteiger partial charge >= 0.3 is 0 Å². The van der Waals surface area contributed by atoms with Gasteiger partial charge in [-0.1, -0.05) is 0 Å². The van der Waals surface area contributed by atoms with E-state index in [0.29, 0.717) is 24.9 Å². The molecular formula is C14H19N3O3. The molecule has 6 heteroatoms. The molecule has 108 valence electrons. The van der Waals surface area contributed by atoms with Crippen molar-refractivity contribution in [1.29, 1.82) is 0 Å². The monoisotopic (exact) mass is 277 g/mol. The first-order chi connectivity index (χ1) is 9.39. The summed E-state index contributed by atoms with van der Waals surface area (Å²) in [5.74, 6) is -0.734. The number of likely N-dealkylation sites (tertiary alicyclic amines) is 1. The molecule has 20 heavy (non-hydrogen) atoms. The van der Waals surface area contributed by atoms with E-state index in [9.17, 15) is 14.7 Å². The largest absolute Gasteiger partial charge is 0.388 e. The molecule has 2 rings (SSSR count). The van der Waals surface area contributed by atoms with Crippen LogP contribution in [-0.4, -0.2) is 45.5 Å². The second-order valence-corrected chi connectivity index (χ2v) is 5.45. The number of nitrogens with two attached hydrogens (primary N) is 1. The van der Waals surface area contributed by atoms with E-state index in [1.54, 1.807) is 17.2 Å². The molecule has 2 amide bonds. The van der Waals surface area contributed by atoms with Gasteiger partial charge in [-0.2, -0.15) is 0 Å². The van der Waals surface area contributed by atoms with Gasteiger partial charge in [0.1, 0.15) is 0 Å². The molecule has 1 atom stereocenters. The first-order valence-electron chi connectivity index (χ1n) is 6.61. The Kier molecular flexibility index (Phi) is 4.04. The lowest BCUT2D eigenvalue weighted by Gasteiger charge is -2.38. The van der Waals surface area contributed by atoms with E-state index >= 15 is 0 Å². The van der Waals surface area contributed by atoms with E-state index in [1.807, 2.05) is 6.92 Å². The number of amides is 2. The van der Waals surface area contributed by atoms with E-state index in [2.05, 4.69) is 4.98 Å². The maximum absolute atomic E-state index is 12.4. The van der Waals surface area contributed by atoms with Crippen LogP contribution in [-0.2, 0) is 4.79 Å². The minimum atomic E-state index is -1.21. The topological polar surface area (TPSA) is 96.5 Å². The molecule has 0 aliphatic carbocycles. The summed E-state index contributed by atoms with van der Waals surface area (Å²) in [6, 6.07) is 1.76. The molecule has 1 unspecified atom stereocenters. The number of hydrogen-bond donors (Lipinski definition) is 2. The second kappa shape index (κ2) is 5.58. The minimum Gasteiger partial charge on any atom is -0.388 e. The van der Waals surface area contributed by atoms with Gasteiger partial charge in [0, 0.05) is 18.9 Å². The van der Waals surface area contributed by atoms with Crippen molar-refractivity contribution in [3.63, 3.8) is 0 Å². The molecule has 0 aromatic carbocycles. The van der Waals surface area contributed by atoms with E-state index in [4.69, 9.17) is 5.73 Å². The average molecular weight is 277 g/mol. The van der Waals surface area contributed by atoms with Crippen molar-refractivity contribution in [2.75, 3.05) is 13.1 Å². The Hall–Kier alpha value is -1.95. The van der Waals surface area contributed by atoms with Crippen LogP contribution in [0.5, 0.6) is 0 Å². The van der Waals surface area contributed by atoms with E-state index in [0.717, 1.165) is 5.56 Å². The molecule has 0 radical (unpaired) electrons. The Balaban J connectivity index is 2.12. The van der Waals surface area contributed by atoms with Gasteiger partial charge in [0.15, 0.2) is 0 Å². The molecule has 1 fully saturated rings. The summed E-state index contributed by atoms with van der Waals surface area (Å²) in [6.45, 7) is 2.56. The lowest BCUT2D eigenvalue weighted by molar-refractivity contribution is -0.125. The van der Waals surface area contributed by atoms with E-state index < -0.39 is 11.5 Å². The molecule has 1 aliphatic heterocycles. The maximum atomic E-state index is 12.4. The van der Waals surface area contributed by atoms with Crippen LogP contribution in [0.15, 0.2) is 18.5 Å². The molecule has 1 aliphatic rings. The third kappa shape index (κ3) is 3.33. The van der Waals surface area contributed by atoms with E-state index in [1.165, 1.54) is 6.20 Å². The zero-order valence-corrected chi connectivity index (χ0v) is 11.5. The third-order valence-corrected chi connectivity index (χ3v) is 3.47. The fraction of sp³-hybridized carbons (Fsp3) is 0.500. The zero-order valence-electron chi connectivity index (χ0n) is 11.5. The Labute approximate surface area is 117 Å². The highest BCUT2D eigenvalue weighted by molar-refractivity contribution is 5.94. The molecular weight excluding hydrogens is 258 g/mol. The molecule has 0 bridgehead atoms. The molecule has 1 aromatic heterocycles. The molecule has 0 saturated carbocycles. The SMILES string of the molecule is Cc1cncc(C(=O)N2CCCC(O)(CC(N)=O)C2)c1. The van der Waals surface area contributed by atoms with Crippen molar-refractivity contribution in [1.82, 2.24) is 9.88 Å². The Morgan fingerprint density at radius 3 is 2.90 bits per heavy atom. The lowest BCUT2D eigenvalue weighted by Crippen LogP contribution is -2.51. The highest BCUT2D eigenvalue weighted by Crippen LogP contribution is 2.25. The maximum Gasteiger partial charge on any atom is 0.255 e. The zero-order chi connectivity index (χ0) is 14.8. The van der Waals surface area contributed by atoms with Gasteiger partial charge in [-0.3, -0.25) is 14.6 Å². The van der Waals surface area contributed by atoms with Crippen molar-refractivity contribution < 1.29 is 14.7 Å². The predicted octanol–water partition coefficient (Wildman–Crippen LogP) is 0.233. The molecule has 1 saturated heterocycles. The highest BCUT2D eigenvalue weighted by Gasteiger charge is 2.36. The Morgan fingerprint density at radius 2 is 2.25 bits per heavy atom. The second-order valence-electron chi connectivity index (χ2n) is 5.45. The molecule has 3 N–H and O–H groups in total. The number of pyridine rings is 1. The number of aliphatic hydroxyl groups is 1. The highest BCUT2D eigenvalue weighted by atomic mass is 16.3. The number of nitrogens with zero attached hydrogens (tertiary/aromatic N) is 2. The van der Waals surface area contributed by atoms with Crippen LogP contribution in [0.3, 0.4) is 0 Å². The summed E-state index contributed by atoms with van der Waals surface area (Å²) in [6.07, 6.45) is 4.19. The van der Waals surface area contributed by atoms with Gasteiger partial charge < -0.3 is 15.7 Å². The number of β-amino-alcohol motifs (C(OH)–C–C–N with tert-alkyl or cyclic N) is 1. The van der Waals surface area contributed by atoms with Crippen LogP contribution in [0, 0.1) is 6.92 Å². The van der Waals surface area contributed by atoms with Gasteiger partial charge in [0.2, 0.25) is 5.91 Å². The fourth-order valence-electron chi connectivity index (χ4n) is 2.61. The van der Waals surface area contributed by atoms with Gasteiger partial charge in [-0.15, -0.1) is 0 Å². The van der Waals surface area contributed by atoms with Crippen molar-refractivity contribution in [3.8, 4) is 0 Å². The molecule has 6 nitrogen and oxygen atoms in total. The van der Waals surface area contributed by atoms with Crippen LogP contribution in [0.4, 0.5) is 0 Å². The summed E-state index contributed by atoms with van der Waals surface area (Å²) in [7, 11) is 0. The number of piperidine rings is 1. The predicted molar refractivity (Wildman–Crippen MR) is 72.9 cm³/mol. The van der Waals surface area contributed by atoms with E-state index in [-0.39, 0.29) is 18.9 Å². The van der Waals surface area contributed by atoms with Crippen molar-refractivity contribution in [2.24, 2.45) is 5.73 Å². The number of carbonyl (C=O) groups excluding carboxylic acids is 2. The summed E-state index contributed by atoms with van der Waals surface area (Å²) in [5, 5.41) is 10.4. The van der Waals surface area contributed by atoms with Crippen molar-refractivity contribution >= 4 is 11.8 Å². The standard InChI is InChI=1S/C14H19N3O3/c1-10-5-11(8-16-7-10)13(19)17-4-2-3-14(20,9-17)6-12(15)18/h5,7-8,20H,2-4,6,9H2,1H3,(H2,15,18). The summed E-state index contributed by atoms with van der Waals surface area (Å²) >= 11 is 0. The molecule has 1 aromatic rings. The quantitative estimate of drug-likeness (QED) is 0.826. The first kappa shape index (κ1) is 14.5. The summed E-state index contributed by atoms with van der Waals surface area (Å²) < 4.78 is 0. The van der Waals surface area contributed by atoms with Gasteiger partial charge in [-0.05, 0) is 31.4 Å². The lowest BCUT2D eigenvalue weighted by atomic mass is 9.89. The van der Waals surface area contributed by atoms with Crippen LogP contribution in [0.25, 0.3) is 0 Å².